The summed E-state index contributed by atoms with van der Waals surface area (Å²) in [5.74, 6) is 0.474. The highest BCUT2D eigenvalue weighted by molar-refractivity contribution is 8.00. The van der Waals surface area contributed by atoms with E-state index >= 15 is 0 Å². The van der Waals surface area contributed by atoms with Crippen LogP contribution in [0.3, 0.4) is 0 Å². The summed E-state index contributed by atoms with van der Waals surface area (Å²) in [6.07, 6.45) is 3.73. The van der Waals surface area contributed by atoms with Gasteiger partial charge in [0, 0.05) is 36.6 Å². The van der Waals surface area contributed by atoms with Crippen LogP contribution in [0.1, 0.15) is 24.7 Å². The average molecular weight is 256 g/mol. The lowest BCUT2D eigenvalue weighted by Crippen LogP contribution is -2.32. The van der Waals surface area contributed by atoms with E-state index in [0.717, 1.165) is 5.56 Å². The van der Waals surface area contributed by atoms with Gasteiger partial charge in [0.15, 0.2) is 0 Å². The van der Waals surface area contributed by atoms with E-state index in [1.165, 1.54) is 0 Å². The first-order chi connectivity index (χ1) is 8.02. The molecule has 1 heterocycles. The molecule has 0 spiro atoms. The molecule has 0 fully saturated rings. The molecule has 0 bridgehead atoms. The van der Waals surface area contributed by atoms with E-state index in [2.05, 4.69) is 10.4 Å². The first-order valence-corrected chi connectivity index (χ1v) is 6.67. The van der Waals surface area contributed by atoms with Crippen molar-refractivity contribution in [2.24, 2.45) is 12.8 Å². The van der Waals surface area contributed by atoms with Crippen molar-refractivity contribution in [3.63, 3.8) is 0 Å². The molecule has 0 saturated heterocycles. The van der Waals surface area contributed by atoms with Gasteiger partial charge in [-0.3, -0.25) is 9.48 Å². The second-order valence-corrected chi connectivity index (χ2v) is 5.40. The van der Waals surface area contributed by atoms with E-state index in [9.17, 15) is 4.79 Å². The molecule has 1 atom stereocenters. The molecule has 6 heteroatoms. The van der Waals surface area contributed by atoms with Crippen LogP contribution in [0.15, 0.2) is 12.4 Å². The number of rotatable bonds is 6. The van der Waals surface area contributed by atoms with Crippen LogP contribution in [0.2, 0.25) is 0 Å². The quantitative estimate of drug-likeness (QED) is 0.785. The Hall–Kier alpha value is -1.01. The molecule has 17 heavy (non-hydrogen) atoms. The maximum absolute atomic E-state index is 11.5. The Morgan fingerprint density at radius 2 is 2.35 bits per heavy atom. The van der Waals surface area contributed by atoms with Gasteiger partial charge in [-0.05, 0) is 13.8 Å². The molecule has 1 rings (SSSR count). The predicted octanol–water partition coefficient (Wildman–Crippen LogP) is 0.678. The fraction of sp³-hybridized carbons (Fsp3) is 0.636. The first-order valence-electron chi connectivity index (χ1n) is 5.62. The lowest BCUT2D eigenvalue weighted by atomic mass is 10.2. The highest BCUT2D eigenvalue weighted by Gasteiger charge is 2.14. The number of thioether (sulfide) groups is 1. The maximum atomic E-state index is 11.5. The molecule has 3 N–H and O–H groups in total. The molecule has 0 radical (unpaired) electrons. The monoisotopic (exact) mass is 256 g/mol. The lowest BCUT2D eigenvalue weighted by molar-refractivity contribution is -0.119. The van der Waals surface area contributed by atoms with Crippen molar-refractivity contribution in [1.82, 2.24) is 15.1 Å². The molecule has 5 nitrogen and oxygen atoms in total. The van der Waals surface area contributed by atoms with Crippen LogP contribution in [0.4, 0.5) is 0 Å². The maximum Gasteiger partial charge on any atom is 0.230 e. The second-order valence-electron chi connectivity index (χ2n) is 4.20. The molecule has 0 aliphatic rings. The van der Waals surface area contributed by atoms with Crippen LogP contribution in [0.25, 0.3) is 0 Å². The summed E-state index contributed by atoms with van der Waals surface area (Å²) in [6.45, 7) is 4.40. The summed E-state index contributed by atoms with van der Waals surface area (Å²) in [4.78, 5) is 11.5. The molecule has 0 aromatic carbocycles. The minimum absolute atomic E-state index is 0.0485. The molecular formula is C11H20N4OS. The largest absolute Gasteiger partial charge is 0.353 e. The molecule has 1 aromatic rings. The molecule has 0 saturated carbocycles. The first kappa shape index (κ1) is 14.1. The predicted molar refractivity (Wildman–Crippen MR) is 70.7 cm³/mol. The van der Waals surface area contributed by atoms with E-state index in [4.69, 9.17) is 5.73 Å². The fourth-order valence-corrected chi connectivity index (χ4v) is 2.33. The van der Waals surface area contributed by atoms with Gasteiger partial charge in [-0.25, -0.2) is 0 Å². The normalized spacial score (nSPS) is 12.8. The number of nitrogens with two attached hydrogens (primary N) is 1. The van der Waals surface area contributed by atoms with E-state index in [0.29, 0.717) is 12.3 Å². The minimum Gasteiger partial charge on any atom is -0.353 e. The number of carbonyl (C=O) groups excluding carboxylic acids is 1. The smallest absolute Gasteiger partial charge is 0.230 e. The van der Waals surface area contributed by atoms with E-state index in [1.54, 1.807) is 22.6 Å². The van der Waals surface area contributed by atoms with Gasteiger partial charge in [0.05, 0.1) is 11.9 Å². The average Bonchev–Trinajstić information content (AvgIpc) is 2.65. The van der Waals surface area contributed by atoms with Crippen LogP contribution >= 0.6 is 11.8 Å². The van der Waals surface area contributed by atoms with Gasteiger partial charge >= 0.3 is 0 Å². The summed E-state index contributed by atoms with van der Waals surface area (Å²) >= 11 is 1.55. The molecule has 1 unspecified atom stereocenters. The summed E-state index contributed by atoms with van der Waals surface area (Å²) in [5, 5.41) is 7.09. The molecular weight excluding hydrogens is 236 g/mol. The van der Waals surface area contributed by atoms with E-state index in [1.807, 2.05) is 27.1 Å². The zero-order valence-electron chi connectivity index (χ0n) is 10.5. The van der Waals surface area contributed by atoms with Crippen molar-refractivity contribution in [1.29, 1.82) is 0 Å². The third-order valence-electron chi connectivity index (χ3n) is 2.18. The molecule has 0 aliphatic carbocycles. The van der Waals surface area contributed by atoms with Gasteiger partial charge in [0.25, 0.3) is 0 Å². The van der Waals surface area contributed by atoms with Gasteiger partial charge in [0.1, 0.15) is 0 Å². The number of hydrogen-bond acceptors (Lipinski definition) is 4. The number of hydrogen-bond donors (Lipinski definition) is 2. The Balaban J connectivity index is 2.45. The van der Waals surface area contributed by atoms with Crippen molar-refractivity contribution >= 4 is 17.7 Å². The number of carbonyl (C=O) groups is 1. The molecule has 96 valence electrons. The Labute approximate surface area is 106 Å². The number of aromatic nitrogens is 2. The number of nitrogens with one attached hydrogen (secondary N) is 1. The van der Waals surface area contributed by atoms with Gasteiger partial charge in [-0.2, -0.15) is 5.10 Å². The topological polar surface area (TPSA) is 72.9 Å². The lowest BCUT2D eigenvalue weighted by Gasteiger charge is -2.13. The minimum atomic E-state index is 0.0485. The Bertz CT molecular complexity index is 364. The summed E-state index contributed by atoms with van der Waals surface area (Å²) < 4.78 is 1.74. The van der Waals surface area contributed by atoms with Crippen molar-refractivity contribution in [3.05, 3.63) is 18.0 Å². The standard InChI is InChI=1S/C11H20N4OS/c1-8(2)14-11(16)7-17-10(4-12)9-5-13-15(3)6-9/h5-6,8,10H,4,7,12H2,1-3H3,(H,14,16). The molecule has 1 aromatic heterocycles. The SMILES string of the molecule is CC(C)NC(=O)CSC(CN)c1cnn(C)c1. The zero-order valence-corrected chi connectivity index (χ0v) is 11.3. The van der Waals surface area contributed by atoms with E-state index in [-0.39, 0.29) is 17.2 Å². The van der Waals surface area contributed by atoms with Crippen LogP contribution in [-0.4, -0.2) is 34.0 Å². The van der Waals surface area contributed by atoms with Gasteiger partial charge in [-0.1, -0.05) is 0 Å². The third kappa shape index (κ3) is 4.79. The van der Waals surface area contributed by atoms with Crippen LogP contribution in [0, 0.1) is 0 Å². The highest BCUT2D eigenvalue weighted by Crippen LogP contribution is 2.26. The van der Waals surface area contributed by atoms with Gasteiger partial charge in [0.2, 0.25) is 5.91 Å². The number of aryl methyl sites for hydroxylation is 1. The Morgan fingerprint density at radius 1 is 1.65 bits per heavy atom. The summed E-state index contributed by atoms with van der Waals surface area (Å²) in [6, 6.07) is 0.179. The highest BCUT2D eigenvalue weighted by atomic mass is 32.2. The van der Waals surface area contributed by atoms with Crippen LogP contribution in [-0.2, 0) is 11.8 Å². The van der Waals surface area contributed by atoms with Crippen LogP contribution < -0.4 is 11.1 Å². The Morgan fingerprint density at radius 3 is 2.82 bits per heavy atom. The molecule has 1 amide bonds. The van der Waals surface area contributed by atoms with E-state index < -0.39 is 0 Å². The zero-order chi connectivity index (χ0) is 12.8. The van der Waals surface area contributed by atoms with Crippen molar-refractivity contribution in [2.45, 2.75) is 25.1 Å². The number of amides is 1. The fourth-order valence-electron chi connectivity index (χ4n) is 1.45. The molecule has 0 aliphatic heterocycles. The van der Waals surface area contributed by atoms with Gasteiger partial charge < -0.3 is 11.1 Å². The second kappa shape index (κ2) is 6.66. The summed E-state index contributed by atoms with van der Waals surface area (Å²) in [7, 11) is 1.87. The van der Waals surface area contributed by atoms with Crippen LogP contribution in [0.5, 0.6) is 0 Å². The van der Waals surface area contributed by atoms with Crippen molar-refractivity contribution in [2.75, 3.05) is 12.3 Å². The summed E-state index contributed by atoms with van der Waals surface area (Å²) in [5.41, 5.74) is 6.78. The number of nitrogens with zero attached hydrogens (tertiary/aromatic N) is 2. The third-order valence-corrected chi connectivity index (χ3v) is 3.47. The van der Waals surface area contributed by atoms with Crippen molar-refractivity contribution < 1.29 is 4.79 Å². The van der Waals surface area contributed by atoms with Crippen molar-refractivity contribution in [3.8, 4) is 0 Å². The van der Waals surface area contributed by atoms with Gasteiger partial charge in [-0.15, -0.1) is 11.8 Å². The Kier molecular flexibility index (Phi) is 5.50.